The molecule has 2 fully saturated rings. The fourth-order valence-electron chi connectivity index (χ4n) is 4.91. The third kappa shape index (κ3) is 2.08. The van der Waals surface area contributed by atoms with Crippen molar-refractivity contribution < 1.29 is 18.8 Å². The summed E-state index contributed by atoms with van der Waals surface area (Å²) >= 11 is 0. The van der Waals surface area contributed by atoms with E-state index in [1.165, 1.54) is 17.0 Å². The van der Waals surface area contributed by atoms with Crippen LogP contribution in [0.25, 0.3) is 0 Å². The summed E-state index contributed by atoms with van der Waals surface area (Å²) < 4.78 is 13.2. The second-order valence-corrected chi connectivity index (χ2v) is 7.63. The fraction of sp³-hybridized carbons (Fsp3) is 0.286. The molecule has 0 aromatic heterocycles. The van der Waals surface area contributed by atoms with Crippen molar-refractivity contribution in [3.8, 4) is 0 Å². The largest absolute Gasteiger partial charge is 0.324 e. The molecule has 0 radical (unpaired) electrons. The number of likely N-dealkylation sites (tertiary alicyclic amines) is 1. The van der Waals surface area contributed by atoms with Crippen LogP contribution in [0.3, 0.4) is 0 Å². The molecule has 3 aliphatic heterocycles. The quantitative estimate of drug-likeness (QED) is 0.780. The SMILES string of the molecule is C[C@H]1N[C@@]2(C(=O)Nc3ccccc32)[C@@H]2C(=O)N(Cc3ccc(F)cc3)C(=O)[C@@H]21. The van der Waals surface area contributed by atoms with Gasteiger partial charge in [-0.1, -0.05) is 30.3 Å². The maximum Gasteiger partial charge on any atom is 0.250 e. The van der Waals surface area contributed by atoms with Crippen molar-refractivity contribution in [3.05, 3.63) is 65.5 Å². The first-order chi connectivity index (χ1) is 13.4. The van der Waals surface area contributed by atoms with E-state index in [1.54, 1.807) is 18.2 Å². The summed E-state index contributed by atoms with van der Waals surface area (Å²) in [6.07, 6.45) is 0. The Morgan fingerprint density at radius 1 is 1.04 bits per heavy atom. The molecule has 3 aliphatic rings. The molecular weight excluding hydrogens is 361 g/mol. The third-order valence-corrected chi connectivity index (χ3v) is 6.12. The van der Waals surface area contributed by atoms with Crippen LogP contribution < -0.4 is 10.6 Å². The number of benzene rings is 2. The molecule has 0 bridgehead atoms. The van der Waals surface area contributed by atoms with Gasteiger partial charge in [-0.25, -0.2) is 4.39 Å². The lowest BCUT2D eigenvalue weighted by Crippen LogP contribution is -2.52. The Hall–Kier alpha value is -3.06. The Balaban J connectivity index is 1.56. The molecule has 2 aromatic carbocycles. The zero-order valence-electron chi connectivity index (χ0n) is 15.1. The van der Waals surface area contributed by atoms with Crippen LogP contribution in [0, 0.1) is 17.7 Å². The highest BCUT2D eigenvalue weighted by atomic mass is 19.1. The van der Waals surface area contributed by atoms with E-state index >= 15 is 0 Å². The van der Waals surface area contributed by atoms with Gasteiger partial charge in [0.15, 0.2) is 0 Å². The standard InChI is InChI=1S/C21H18FN3O3/c1-11-16-17(21(24-11)14-4-2-3-5-15(14)23-20(21)28)19(27)25(18(16)26)10-12-6-8-13(22)9-7-12/h2-9,11,16-17,24H,10H2,1H3,(H,23,28)/t11-,16-,17+,21-/m1/s1. The van der Waals surface area contributed by atoms with E-state index in [9.17, 15) is 18.8 Å². The first kappa shape index (κ1) is 17.1. The first-order valence-electron chi connectivity index (χ1n) is 9.22. The topological polar surface area (TPSA) is 78.5 Å². The number of anilines is 1. The molecule has 2 aromatic rings. The molecule has 7 heteroatoms. The van der Waals surface area contributed by atoms with Crippen LogP contribution in [0.2, 0.25) is 0 Å². The van der Waals surface area contributed by atoms with Gasteiger partial charge in [0.1, 0.15) is 11.4 Å². The molecule has 0 unspecified atom stereocenters. The summed E-state index contributed by atoms with van der Waals surface area (Å²) in [5.74, 6) is -2.78. The summed E-state index contributed by atoms with van der Waals surface area (Å²) in [6, 6.07) is 12.6. The average molecular weight is 379 g/mol. The lowest BCUT2D eigenvalue weighted by molar-refractivity contribution is -0.143. The monoisotopic (exact) mass is 379 g/mol. The summed E-state index contributed by atoms with van der Waals surface area (Å²) in [5, 5.41) is 6.10. The van der Waals surface area contributed by atoms with Crippen molar-refractivity contribution in [1.29, 1.82) is 0 Å². The zero-order chi connectivity index (χ0) is 19.6. The molecule has 0 saturated carbocycles. The Morgan fingerprint density at radius 3 is 2.50 bits per heavy atom. The minimum atomic E-state index is -1.25. The van der Waals surface area contributed by atoms with Crippen LogP contribution in [-0.4, -0.2) is 28.7 Å². The van der Waals surface area contributed by atoms with Gasteiger partial charge in [-0.15, -0.1) is 0 Å². The Labute approximate surface area is 160 Å². The van der Waals surface area contributed by atoms with Gasteiger partial charge in [-0.2, -0.15) is 0 Å². The smallest absolute Gasteiger partial charge is 0.250 e. The zero-order valence-corrected chi connectivity index (χ0v) is 15.1. The lowest BCUT2D eigenvalue weighted by Gasteiger charge is -2.29. The molecule has 3 heterocycles. The van der Waals surface area contributed by atoms with Crippen LogP contribution in [0.1, 0.15) is 18.1 Å². The van der Waals surface area contributed by atoms with Gasteiger partial charge < -0.3 is 5.32 Å². The van der Waals surface area contributed by atoms with Crippen LogP contribution in [-0.2, 0) is 26.5 Å². The van der Waals surface area contributed by atoms with E-state index in [1.807, 2.05) is 25.1 Å². The molecule has 2 saturated heterocycles. The van der Waals surface area contributed by atoms with Crippen molar-refractivity contribution in [2.75, 3.05) is 5.32 Å². The number of para-hydroxylation sites is 1. The maximum atomic E-state index is 13.3. The number of imide groups is 1. The minimum Gasteiger partial charge on any atom is -0.324 e. The predicted molar refractivity (Wildman–Crippen MR) is 98.3 cm³/mol. The van der Waals surface area contributed by atoms with Gasteiger partial charge in [0, 0.05) is 17.3 Å². The first-order valence-corrected chi connectivity index (χ1v) is 9.22. The van der Waals surface area contributed by atoms with Crippen LogP contribution in [0.15, 0.2) is 48.5 Å². The van der Waals surface area contributed by atoms with Gasteiger partial charge in [0.05, 0.1) is 18.4 Å². The van der Waals surface area contributed by atoms with E-state index < -0.39 is 17.4 Å². The highest BCUT2D eigenvalue weighted by Gasteiger charge is 2.69. The summed E-state index contributed by atoms with van der Waals surface area (Å²) in [5.41, 5.74) is 0.772. The van der Waals surface area contributed by atoms with Crippen LogP contribution in [0.4, 0.5) is 10.1 Å². The summed E-state index contributed by atoms with van der Waals surface area (Å²) in [6.45, 7) is 1.89. The minimum absolute atomic E-state index is 0.0665. The van der Waals surface area contributed by atoms with Gasteiger partial charge in [0.2, 0.25) is 17.7 Å². The van der Waals surface area contributed by atoms with Gasteiger partial charge in [-0.3, -0.25) is 24.6 Å². The number of carbonyl (C=O) groups is 3. The summed E-state index contributed by atoms with van der Waals surface area (Å²) in [7, 11) is 0. The van der Waals surface area contributed by atoms with Crippen molar-refractivity contribution in [3.63, 3.8) is 0 Å². The van der Waals surface area contributed by atoms with Crippen molar-refractivity contribution in [1.82, 2.24) is 10.2 Å². The molecule has 5 rings (SSSR count). The highest BCUT2D eigenvalue weighted by Crippen LogP contribution is 2.52. The van der Waals surface area contributed by atoms with E-state index in [0.717, 1.165) is 0 Å². The molecule has 1 spiro atoms. The molecule has 3 amide bonds. The van der Waals surface area contributed by atoms with Crippen molar-refractivity contribution >= 4 is 23.4 Å². The Bertz CT molecular complexity index is 1020. The molecule has 2 N–H and O–H groups in total. The number of halogens is 1. The predicted octanol–water partition coefficient (Wildman–Crippen LogP) is 1.77. The fourth-order valence-corrected chi connectivity index (χ4v) is 4.91. The second-order valence-electron chi connectivity index (χ2n) is 7.63. The number of nitrogens with zero attached hydrogens (tertiary/aromatic N) is 1. The molecule has 0 aliphatic carbocycles. The number of carbonyl (C=O) groups excluding carboxylic acids is 3. The van der Waals surface area contributed by atoms with E-state index in [4.69, 9.17) is 0 Å². The van der Waals surface area contributed by atoms with E-state index in [0.29, 0.717) is 16.8 Å². The molecule has 4 atom stereocenters. The van der Waals surface area contributed by atoms with Crippen molar-refractivity contribution in [2.45, 2.75) is 25.0 Å². The number of hydrogen-bond acceptors (Lipinski definition) is 4. The third-order valence-electron chi connectivity index (χ3n) is 6.12. The number of rotatable bonds is 2. The van der Waals surface area contributed by atoms with Gasteiger partial charge in [-0.05, 0) is 30.7 Å². The molecule has 6 nitrogen and oxygen atoms in total. The van der Waals surface area contributed by atoms with E-state index in [-0.39, 0.29) is 36.1 Å². The molecular formula is C21H18FN3O3. The number of nitrogens with one attached hydrogen (secondary N) is 2. The second kappa shape index (κ2) is 5.72. The average Bonchev–Trinajstić information content (AvgIpc) is 3.23. The number of hydrogen-bond donors (Lipinski definition) is 2. The summed E-state index contributed by atoms with van der Waals surface area (Å²) in [4.78, 5) is 40.6. The Kier molecular flexibility index (Phi) is 3.49. The highest BCUT2D eigenvalue weighted by molar-refractivity contribution is 6.15. The van der Waals surface area contributed by atoms with Gasteiger partial charge >= 0.3 is 0 Å². The number of amides is 3. The normalized spacial score (nSPS) is 30.7. The number of fused-ring (bicyclic) bond motifs is 4. The van der Waals surface area contributed by atoms with Crippen LogP contribution in [0.5, 0.6) is 0 Å². The van der Waals surface area contributed by atoms with E-state index in [2.05, 4.69) is 10.6 Å². The van der Waals surface area contributed by atoms with Crippen LogP contribution >= 0.6 is 0 Å². The Morgan fingerprint density at radius 2 is 1.75 bits per heavy atom. The van der Waals surface area contributed by atoms with Crippen molar-refractivity contribution in [2.24, 2.45) is 11.8 Å². The molecule has 142 valence electrons. The van der Waals surface area contributed by atoms with Gasteiger partial charge in [0.25, 0.3) is 0 Å². The maximum absolute atomic E-state index is 13.3. The molecule has 28 heavy (non-hydrogen) atoms. The lowest BCUT2D eigenvalue weighted by atomic mass is 9.76.